The van der Waals surface area contributed by atoms with Crippen molar-refractivity contribution in [2.45, 2.75) is 57.7 Å². The molecule has 5 rings (SSSR count). The first kappa shape index (κ1) is 25.3. The fourth-order valence-corrected chi connectivity index (χ4v) is 5.32. The second kappa shape index (κ2) is 12.8. The van der Waals surface area contributed by atoms with Crippen molar-refractivity contribution in [3.8, 4) is 11.5 Å². The van der Waals surface area contributed by atoms with Gasteiger partial charge in [-0.05, 0) is 61.6 Å². The molecule has 1 atom stereocenters. The zero-order valence-corrected chi connectivity index (χ0v) is 21.9. The Morgan fingerprint density at radius 2 is 1.73 bits per heavy atom. The molecule has 7 nitrogen and oxygen atoms in total. The lowest BCUT2D eigenvalue weighted by atomic mass is 10.0. The first-order chi connectivity index (χ1) is 18.3. The van der Waals surface area contributed by atoms with E-state index >= 15 is 0 Å². The van der Waals surface area contributed by atoms with Gasteiger partial charge in [0.25, 0.3) is 0 Å². The molecule has 7 heteroatoms. The smallest absolute Gasteiger partial charge is 0.224 e. The molecule has 2 fully saturated rings. The number of nitrogens with zero attached hydrogens (tertiary/aromatic N) is 4. The van der Waals surface area contributed by atoms with Gasteiger partial charge in [0.15, 0.2) is 11.5 Å². The van der Waals surface area contributed by atoms with Crippen LogP contribution in [0, 0.1) is 0 Å². The molecule has 1 N–H and O–H groups in total. The van der Waals surface area contributed by atoms with Gasteiger partial charge in [0.2, 0.25) is 5.95 Å². The van der Waals surface area contributed by atoms with E-state index in [0.717, 1.165) is 74.4 Å². The van der Waals surface area contributed by atoms with E-state index in [1.54, 1.807) is 7.11 Å². The van der Waals surface area contributed by atoms with Crippen LogP contribution in [-0.2, 0) is 13.2 Å². The van der Waals surface area contributed by atoms with Crippen molar-refractivity contribution in [1.29, 1.82) is 0 Å². The second-order valence-corrected chi connectivity index (χ2v) is 10.1. The maximum absolute atomic E-state index is 6.04. The molecule has 2 aliphatic heterocycles. The van der Waals surface area contributed by atoms with Gasteiger partial charge in [0.05, 0.1) is 7.11 Å². The van der Waals surface area contributed by atoms with Crippen molar-refractivity contribution < 1.29 is 9.47 Å². The first-order valence-corrected chi connectivity index (χ1v) is 13.7. The third-order valence-corrected chi connectivity index (χ3v) is 7.28. The molecule has 2 aliphatic rings. The fourth-order valence-electron chi connectivity index (χ4n) is 5.32. The molecule has 37 heavy (non-hydrogen) atoms. The van der Waals surface area contributed by atoms with Gasteiger partial charge in [-0.25, -0.2) is 4.98 Å². The fraction of sp³-hybridized carbons (Fsp3) is 0.467. The lowest BCUT2D eigenvalue weighted by molar-refractivity contribution is 0.208. The van der Waals surface area contributed by atoms with Gasteiger partial charge >= 0.3 is 0 Å². The quantitative estimate of drug-likeness (QED) is 0.414. The summed E-state index contributed by atoms with van der Waals surface area (Å²) in [6.45, 7) is 5.63. The van der Waals surface area contributed by atoms with Crippen molar-refractivity contribution >= 4 is 11.8 Å². The van der Waals surface area contributed by atoms with Crippen molar-refractivity contribution in [2.24, 2.45) is 0 Å². The molecule has 2 aromatic carbocycles. The van der Waals surface area contributed by atoms with Crippen LogP contribution < -0.4 is 19.7 Å². The van der Waals surface area contributed by atoms with Crippen molar-refractivity contribution in [3.05, 3.63) is 71.9 Å². The summed E-state index contributed by atoms with van der Waals surface area (Å²) in [6, 6.07) is 18.9. The molecule has 196 valence electrons. The molecule has 3 aromatic rings. The van der Waals surface area contributed by atoms with E-state index < -0.39 is 0 Å². The number of anilines is 2. The Morgan fingerprint density at radius 1 is 0.892 bits per heavy atom. The van der Waals surface area contributed by atoms with Crippen LogP contribution in [0.25, 0.3) is 0 Å². The van der Waals surface area contributed by atoms with Crippen molar-refractivity contribution in [3.63, 3.8) is 0 Å². The minimum absolute atomic E-state index is 0.337. The number of nitrogens with one attached hydrogen (secondary N) is 1. The zero-order chi connectivity index (χ0) is 25.3. The molecule has 0 aliphatic carbocycles. The number of methoxy groups -OCH3 is 1. The van der Waals surface area contributed by atoms with Crippen LogP contribution in [0.4, 0.5) is 11.8 Å². The third kappa shape index (κ3) is 7.13. The third-order valence-electron chi connectivity index (χ3n) is 7.28. The second-order valence-electron chi connectivity index (χ2n) is 10.1. The number of likely N-dealkylation sites (tertiary alicyclic amines) is 1. The molecule has 0 radical (unpaired) electrons. The van der Waals surface area contributed by atoms with Gasteiger partial charge in [0, 0.05) is 38.4 Å². The van der Waals surface area contributed by atoms with Crippen LogP contribution in [0.3, 0.4) is 0 Å². The van der Waals surface area contributed by atoms with Crippen LogP contribution in [0.5, 0.6) is 11.5 Å². The summed E-state index contributed by atoms with van der Waals surface area (Å²) in [7, 11) is 1.70. The van der Waals surface area contributed by atoms with E-state index in [4.69, 9.17) is 14.5 Å². The lowest BCUT2D eigenvalue weighted by Crippen LogP contribution is -2.42. The van der Waals surface area contributed by atoms with Crippen LogP contribution in [0.15, 0.2) is 60.8 Å². The number of benzene rings is 2. The van der Waals surface area contributed by atoms with Crippen LogP contribution in [-0.4, -0.2) is 54.2 Å². The van der Waals surface area contributed by atoms with E-state index in [0.29, 0.717) is 12.6 Å². The standard InChI is InChI=1S/C30H39N5O2/c1-36-28-20-25(13-14-27(28)37-23-24-10-5-4-6-11-24)21-34-17-9-12-26(22-34)32-30-31-16-15-29(33-30)35-18-7-2-3-8-19-35/h4-6,10-11,13-16,20,26H,2-3,7-9,12,17-19,21-23H2,1H3,(H,31,32,33). The maximum Gasteiger partial charge on any atom is 0.224 e. The maximum atomic E-state index is 6.04. The Morgan fingerprint density at radius 3 is 2.54 bits per heavy atom. The monoisotopic (exact) mass is 501 g/mol. The van der Waals surface area contributed by atoms with Gasteiger partial charge in [-0.15, -0.1) is 0 Å². The number of aromatic nitrogens is 2. The predicted octanol–water partition coefficient (Wildman–Crippen LogP) is 5.52. The van der Waals surface area contributed by atoms with Gasteiger partial charge in [-0.2, -0.15) is 4.98 Å². The average molecular weight is 502 g/mol. The van der Waals surface area contributed by atoms with Crippen LogP contribution in [0.1, 0.15) is 49.7 Å². The van der Waals surface area contributed by atoms with E-state index in [-0.39, 0.29) is 0 Å². The summed E-state index contributed by atoms with van der Waals surface area (Å²) >= 11 is 0. The Labute approximate surface area is 220 Å². The van der Waals surface area contributed by atoms with Gasteiger partial charge in [-0.3, -0.25) is 4.90 Å². The molecule has 1 aromatic heterocycles. The SMILES string of the molecule is COc1cc(CN2CCCC(Nc3nccc(N4CCCCCC4)n3)C2)ccc1OCc1ccccc1. The first-order valence-electron chi connectivity index (χ1n) is 13.7. The van der Waals surface area contributed by atoms with E-state index in [1.807, 2.05) is 36.5 Å². The van der Waals surface area contributed by atoms with E-state index in [2.05, 4.69) is 44.4 Å². The molecule has 2 saturated heterocycles. The normalized spacial score (nSPS) is 18.7. The molecule has 1 unspecified atom stereocenters. The highest BCUT2D eigenvalue weighted by molar-refractivity contribution is 5.44. The van der Waals surface area contributed by atoms with Gasteiger partial charge in [-0.1, -0.05) is 49.2 Å². The van der Waals surface area contributed by atoms with Gasteiger partial charge < -0.3 is 19.7 Å². The summed E-state index contributed by atoms with van der Waals surface area (Å²) in [5.41, 5.74) is 2.37. The minimum Gasteiger partial charge on any atom is -0.493 e. The Balaban J connectivity index is 1.17. The number of hydrogen-bond acceptors (Lipinski definition) is 7. The Kier molecular flexibility index (Phi) is 8.74. The zero-order valence-electron chi connectivity index (χ0n) is 21.9. The number of ether oxygens (including phenoxy) is 2. The van der Waals surface area contributed by atoms with Gasteiger partial charge in [0.1, 0.15) is 12.4 Å². The van der Waals surface area contributed by atoms with Crippen LogP contribution in [0.2, 0.25) is 0 Å². The summed E-state index contributed by atoms with van der Waals surface area (Å²) < 4.78 is 11.7. The van der Waals surface area contributed by atoms with Crippen molar-refractivity contribution in [1.82, 2.24) is 14.9 Å². The summed E-state index contributed by atoms with van der Waals surface area (Å²) in [5, 5.41) is 3.62. The summed E-state index contributed by atoms with van der Waals surface area (Å²) in [4.78, 5) is 14.3. The average Bonchev–Trinajstić information content (AvgIpc) is 3.23. The largest absolute Gasteiger partial charge is 0.493 e. The molecular formula is C30H39N5O2. The Bertz CT molecular complexity index is 1120. The molecule has 0 saturated carbocycles. The summed E-state index contributed by atoms with van der Waals surface area (Å²) in [5.74, 6) is 3.34. The van der Waals surface area contributed by atoms with E-state index in [1.165, 1.54) is 31.2 Å². The van der Waals surface area contributed by atoms with E-state index in [9.17, 15) is 0 Å². The molecule has 0 amide bonds. The topological polar surface area (TPSA) is 62.8 Å². The van der Waals surface area contributed by atoms with Crippen LogP contribution >= 0.6 is 0 Å². The van der Waals surface area contributed by atoms with Crippen molar-refractivity contribution in [2.75, 3.05) is 43.5 Å². The summed E-state index contributed by atoms with van der Waals surface area (Å²) in [6.07, 6.45) is 9.30. The molecule has 3 heterocycles. The highest BCUT2D eigenvalue weighted by Crippen LogP contribution is 2.30. The minimum atomic E-state index is 0.337. The number of hydrogen-bond donors (Lipinski definition) is 1. The number of rotatable bonds is 9. The molecule has 0 spiro atoms. The highest BCUT2D eigenvalue weighted by atomic mass is 16.5. The Hall–Kier alpha value is -3.32. The molecular weight excluding hydrogens is 462 g/mol. The highest BCUT2D eigenvalue weighted by Gasteiger charge is 2.22. The predicted molar refractivity (Wildman–Crippen MR) is 148 cm³/mol. The number of piperidine rings is 1. The molecule has 0 bridgehead atoms. The lowest BCUT2D eigenvalue weighted by Gasteiger charge is -2.33.